The van der Waals surface area contributed by atoms with E-state index in [9.17, 15) is 10.1 Å². The van der Waals surface area contributed by atoms with E-state index in [1.54, 1.807) is 19.2 Å². The maximum atomic E-state index is 12.5. The van der Waals surface area contributed by atoms with Gasteiger partial charge in [0, 0.05) is 4.47 Å². The second-order valence-corrected chi connectivity index (χ2v) is 6.59. The summed E-state index contributed by atoms with van der Waals surface area (Å²) >= 11 is 3.45. The molecule has 0 heterocycles. The maximum absolute atomic E-state index is 12.5. The van der Waals surface area contributed by atoms with E-state index < -0.39 is 5.91 Å². The first kappa shape index (κ1) is 20.5. The van der Waals surface area contributed by atoms with Gasteiger partial charge in [-0.05, 0) is 43.2 Å². The van der Waals surface area contributed by atoms with Crippen molar-refractivity contribution >= 4 is 27.9 Å². The number of rotatable bonds is 7. The zero-order chi connectivity index (χ0) is 19.8. The van der Waals surface area contributed by atoms with Crippen LogP contribution in [0, 0.1) is 11.3 Å². The Morgan fingerprint density at radius 2 is 2.00 bits per heavy atom. The van der Waals surface area contributed by atoms with Gasteiger partial charge in [0.1, 0.15) is 11.6 Å². The van der Waals surface area contributed by atoms with Crippen molar-refractivity contribution in [1.29, 1.82) is 5.26 Å². The Morgan fingerprint density at radius 1 is 1.30 bits per heavy atom. The van der Waals surface area contributed by atoms with E-state index in [0.717, 1.165) is 5.56 Å². The normalized spacial score (nSPS) is 12.0. The molecule has 0 saturated heterocycles. The van der Waals surface area contributed by atoms with Crippen LogP contribution < -0.4 is 14.8 Å². The van der Waals surface area contributed by atoms with Gasteiger partial charge in [-0.2, -0.15) is 5.26 Å². The van der Waals surface area contributed by atoms with Gasteiger partial charge in [-0.1, -0.05) is 46.3 Å². The number of nitrogens with one attached hydrogen (secondary N) is 1. The minimum Gasteiger partial charge on any atom is -0.493 e. The summed E-state index contributed by atoms with van der Waals surface area (Å²) < 4.78 is 11.6. The number of methoxy groups -OCH3 is 1. The minimum atomic E-state index is -0.436. The average Bonchev–Trinajstić information content (AvgIpc) is 2.68. The van der Waals surface area contributed by atoms with Crippen LogP contribution in [0.1, 0.15) is 31.0 Å². The van der Waals surface area contributed by atoms with Crippen molar-refractivity contribution in [2.45, 2.75) is 19.9 Å². The molecule has 0 aliphatic heterocycles. The van der Waals surface area contributed by atoms with Gasteiger partial charge >= 0.3 is 0 Å². The average molecular weight is 429 g/mol. The molecule has 0 radical (unpaired) electrons. The van der Waals surface area contributed by atoms with Crippen molar-refractivity contribution in [3.8, 4) is 17.6 Å². The van der Waals surface area contributed by atoms with E-state index in [1.165, 1.54) is 6.08 Å². The molecule has 140 valence electrons. The van der Waals surface area contributed by atoms with Gasteiger partial charge in [-0.15, -0.1) is 0 Å². The number of ether oxygens (including phenoxy) is 2. The molecule has 1 unspecified atom stereocenters. The van der Waals surface area contributed by atoms with Crippen LogP contribution in [-0.2, 0) is 4.79 Å². The van der Waals surface area contributed by atoms with Crippen LogP contribution in [0.25, 0.3) is 6.08 Å². The highest BCUT2D eigenvalue weighted by molar-refractivity contribution is 9.10. The van der Waals surface area contributed by atoms with E-state index in [1.807, 2.05) is 50.2 Å². The molecule has 0 aromatic heterocycles. The van der Waals surface area contributed by atoms with Gasteiger partial charge in [0.05, 0.1) is 19.8 Å². The van der Waals surface area contributed by atoms with Crippen LogP contribution in [0.2, 0.25) is 0 Å². The zero-order valence-corrected chi connectivity index (χ0v) is 17.0. The molecule has 0 saturated carbocycles. The highest BCUT2D eigenvalue weighted by atomic mass is 79.9. The summed E-state index contributed by atoms with van der Waals surface area (Å²) in [5.74, 6) is 0.681. The SMILES string of the molecule is CCOc1cc(Br)c(/C=C(\C#N)C(=O)NC(C)c2ccccc2)cc1OC. The molecule has 1 N–H and O–H groups in total. The molecule has 0 fully saturated rings. The summed E-state index contributed by atoms with van der Waals surface area (Å²) in [7, 11) is 1.54. The van der Waals surface area contributed by atoms with Crippen LogP contribution >= 0.6 is 15.9 Å². The lowest BCUT2D eigenvalue weighted by atomic mass is 10.1. The van der Waals surface area contributed by atoms with E-state index in [0.29, 0.717) is 28.1 Å². The van der Waals surface area contributed by atoms with Gasteiger partial charge in [-0.25, -0.2) is 0 Å². The highest BCUT2D eigenvalue weighted by Gasteiger charge is 2.15. The number of halogens is 1. The summed E-state index contributed by atoms with van der Waals surface area (Å²) in [5, 5.41) is 12.3. The van der Waals surface area contributed by atoms with Crippen molar-refractivity contribution in [2.75, 3.05) is 13.7 Å². The molecule has 27 heavy (non-hydrogen) atoms. The Hall–Kier alpha value is -2.78. The van der Waals surface area contributed by atoms with Gasteiger partial charge in [0.2, 0.25) is 0 Å². The number of benzene rings is 2. The van der Waals surface area contributed by atoms with E-state index in [4.69, 9.17) is 9.47 Å². The number of hydrogen-bond acceptors (Lipinski definition) is 4. The molecule has 2 aromatic carbocycles. The second-order valence-electron chi connectivity index (χ2n) is 5.73. The third kappa shape index (κ3) is 5.35. The smallest absolute Gasteiger partial charge is 0.262 e. The van der Waals surface area contributed by atoms with E-state index in [2.05, 4.69) is 21.2 Å². The third-order valence-corrected chi connectivity index (χ3v) is 4.58. The molecule has 6 heteroatoms. The van der Waals surface area contributed by atoms with Crippen molar-refractivity contribution in [3.63, 3.8) is 0 Å². The van der Waals surface area contributed by atoms with Crippen molar-refractivity contribution < 1.29 is 14.3 Å². The fourth-order valence-electron chi connectivity index (χ4n) is 2.49. The summed E-state index contributed by atoms with van der Waals surface area (Å²) in [6, 6.07) is 14.8. The molecule has 0 aliphatic rings. The highest BCUT2D eigenvalue weighted by Crippen LogP contribution is 2.34. The van der Waals surface area contributed by atoms with Gasteiger partial charge in [0.15, 0.2) is 11.5 Å². The Bertz CT molecular complexity index is 873. The number of hydrogen-bond donors (Lipinski definition) is 1. The predicted octanol–water partition coefficient (Wildman–Crippen LogP) is 4.64. The lowest BCUT2D eigenvalue weighted by molar-refractivity contribution is -0.117. The first-order valence-corrected chi connectivity index (χ1v) is 9.27. The number of nitrogens with zero attached hydrogens (tertiary/aromatic N) is 1. The molecular formula is C21H21BrN2O3. The Balaban J connectivity index is 2.27. The molecule has 1 amide bonds. The quantitative estimate of drug-likeness (QED) is 0.514. The topological polar surface area (TPSA) is 71.3 Å². The van der Waals surface area contributed by atoms with Crippen LogP contribution in [-0.4, -0.2) is 19.6 Å². The number of carbonyl (C=O) groups is 1. The summed E-state index contributed by atoms with van der Waals surface area (Å²) in [6.07, 6.45) is 1.52. The first-order valence-electron chi connectivity index (χ1n) is 8.48. The zero-order valence-electron chi connectivity index (χ0n) is 15.5. The first-order chi connectivity index (χ1) is 13.0. The van der Waals surface area contributed by atoms with Crippen LogP contribution in [0.4, 0.5) is 0 Å². The lowest BCUT2D eigenvalue weighted by Gasteiger charge is -2.14. The van der Waals surface area contributed by atoms with Crippen molar-refractivity contribution in [1.82, 2.24) is 5.32 Å². The third-order valence-electron chi connectivity index (χ3n) is 3.89. The minimum absolute atomic E-state index is 0.00435. The number of carbonyl (C=O) groups excluding carboxylic acids is 1. The molecule has 1 atom stereocenters. The van der Waals surface area contributed by atoms with Gasteiger partial charge < -0.3 is 14.8 Å². The van der Waals surface area contributed by atoms with Crippen LogP contribution in [0.15, 0.2) is 52.5 Å². The fourth-order valence-corrected chi connectivity index (χ4v) is 2.93. The standard InChI is InChI=1S/C21H21BrN2O3/c1-4-27-20-12-18(22)16(11-19(20)26-3)10-17(13-23)21(25)24-14(2)15-8-6-5-7-9-15/h5-12,14H,4H2,1-3H3,(H,24,25)/b17-10+. The predicted molar refractivity (Wildman–Crippen MR) is 108 cm³/mol. The Kier molecular flexibility index (Phi) is 7.44. The largest absolute Gasteiger partial charge is 0.493 e. The van der Waals surface area contributed by atoms with Crippen molar-refractivity contribution in [3.05, 3.63) is 63.6 Å². The Labute approximate surface area is 167 Å². The maximum Gasteiger partial charge on any atom is 0.262 e. The molecule has 5 nitrogen and oxygen atoms in total. The molecule has 0 bridgehead atoms. The number of nitriles is 1. The van der Waals surface area contributed by atoms with Crippen LogP contribution in [0.3, 0.4) is 0 Å². The summed E-state index contributed by atoms with van der Waals surface area (Å²) in [4.78, 5) is 12.5. The summed E-state index contributed by atoms with van der Waals surface area (Å²) in [6.45, 7) is 4.26. The molecule has 0 spiro atoms. The van der Waals surface area contributed by atoms with E-state index >= 15 is 0 Å². The fraction of sp³-hybridized carbons (Fsp3) is 0.238. The Morgan fingerprint density at radius 3 is 2.59 bits per heavy atom. The molecule has 2 aromatic rings. The van der Waals surface area contributed by atoms with E-state index in [-0.39, 0.29) is 11.6 Å². The number of amides is 1. The second kappa shape index (κ2) is 9.79. The van der Waals surface area contributed by atoms with Crippen molar-refractivity contribution in [2.24, 2.45) is 0 Å². The molecule has 0 aliphatic carbocycles. The molecule has 2 rings (SSSR count). The molecular weight excluding hydrogens is 408 g/mol. The van der Waals surface area contributed by atoms with Crippen LogP contribution in [0.5, 0.6) is 11.5 Å². The lowest BCUT2D eigenvalue weighted by Crippen LogP contribution is -2.27. The van der Waals surface area contributed by atoms with Gasteiger partial charge in [-0.3, -0.25) is 4.79 Å². The summed E-state index contributed by atoms with van der Waals surface area (Å²) in [5.41, 5.74) is 1.62. The van der Waals surface area contributed by atoms with Gasteiger partial charge in [0.25, 0.3) is 5.91 Å². The monoisotopic (exact) mass is 428 g/mol.